The molecule has 0 saturated heterocycles. The van der Waals surface area contributed by atoms with E-state index in [1.807, 2.05) is 62.4 Å². The Balaban J connectivity index is 2.02. The van der Waals surface area contributed by atoms with Gasteiger partial charge in [0.1, 0.15) is 5.75 Å². The molecular weight excluding hydrogens is 336 g/mol. The lowest BCUT2D eigenvalue weighted by Gasteiger charge is -2.15. The fourth-order valence-electron chi connectivity index (χ4n) is 2.70. The number of unbranched alkanes of at least 4 members (excludes halogenated alkanes) is 2. The Bertz CT molecular complexity index is 769. The molecule has 0 radical (unpaired) electrons. The highest BCUT2D eigenvalue weighted by Crippen LogP contribution is 2.17. The van der Waals surface area contributed by atoms with Gasteiger partial charge in [0.05, 0.1) is 5.71 Å². The Morgan fingerprint density at radius 2 is 1.81 bits per heavy atom. The van der Waals surface area contributed by atoms with Crippen LogP contribution in [0.3, 0.4) is 0 Å². The highest BCUT2D eigenvalue weighted by atomic mass is 16.5. The molecule has 1 unspecified atom stereocenters. The topological polar surface area (TPSA) is 50.7 Å². The standard InChI is InChI=1S/C23H30N2O2/c1-5-6-8-13-22(20-11-9-7-10-12-20)24-25-23(26)19(4)27-21-15-14-17(2)18(3)16-21/h7,9-12,14-16,19H,5-6,8,13H2,1-4H3,(H,25,26)/b24-22+. The number of rotatable bonds is 9. The Morgan fingerprint density at radius 3 is 2.48 bits per heavy atom. The van der Waals surface area contributed by atoms with E-state index in [1.165, 1.54) is 5.56 Å². The van der Waals surface area contributed by atoms with Gasteiger partial charge < -0.3 is 4.74 Å². The van der Waals surface area contributed by atoms with Crippen LogP contribution in [-0.2, 0) is 4.79 Å². The number of hydrogen-bond acceptors (Lipinski definition) is 3. The van der Waals surface area contributed by atoms with Crippen molar-refractivity contribution in [2.75, 3.05) is 0 Å². The molecule has 0 aliphatic carbocycles. The predicted molar refractivity (Wildman–Crippen MR) is 111 cm³/mol. The van der Waals surface area contributed by atoms with Crippen LogP contribution < -0.4 is 10.2 Å². The van der Waals surface area contributed by atoms with Crippen molar-refractivity contribution < 1.29 is 9.53 Å². The number of hydrazone groups is 1. The zero-order chi connectivity index (χ0) is 19.6. The maximum atomic E-state index is 12.4. The third-order valence-corrected chi connectivity index (χ3v) is 4.59. The summed E-state index contributed by atoms with van der Waals surface area (Å²) in [5.74, 6) is 0.438. The van der Waals surface area contributed by atoms with Crippen molar-refractivity contribution in [3.63, 3.8) is 0 Å². The zero-order valence-electron chi connectivity index (χ0n) is 16.8. The molecule has 0 bridgehead atoms. The molecule has 0 aromatic heterocycles. The number of nitrogens with one attached hydrogen (secondary N) is 1. The normalized spacial score (nSPS) is 12.5. The Kier molecular flexibility index (Phi) is 8.05. The van der Waals surface area contributed by atoms with Gasteiger partial charge in [-0.2, -0.15) is 5.10 Å². The van der Waals surface area contributed by atoms with E-state index in [0.29, 0.717) is 5.75 Å². The molecule has 0 heterocycles. The SMILES string of the molecule is CCCCC/C(=N\NC(=O)C(C)Oc1ccc(C)c(C)c1)c1ccccc1. The van der Waals surface area contributed by atoms with Gasteiger partial charge in [-0.05, 0) is 62.4 Å². The molecule has 1 amide bonds. The first-order chi connectivity index (χ1) is 13.0. The van der Waals surface area contributed by atoms with E-state index in [-0.39, 0.29) is 5.91 Å². The van der Waals surface area contributed by atoms with Crippen molar-refractivity contribution in [2.24, 2.45) is 5.10 Å². The van der Waals surface area contributed by atoms with Crippen LogP contribution in [0.5, 0.6) is 5.75 Å². The van der Waals surface area contributed by atoms with E-state index in [4.69, 9.17) is 4.74 Å². The lowest BCUT2D eigenvalue weighted by Crippen LogP contribution is -2.34. The number of benzene rings is 2. The van der Waals surface area contributed by atoms with Gasteiger partial charge in [-0.3, -0.25) is 4.79 Å². The van der Waals surface area contributed by atoms with Crippen LogP contribution in [0.1, 0.15) is 56.2 Å². The van der Waals surface area contributed by atoms with Crippen LogP contribution in [0.4, 0.5) is 0 Å². The summed E-state index contributed by atoms with van der Waals surface area (Å²) in [4.78, 5) is 12.4. The smallest absolute Gasteiger partial charge is 0.280 e. The number of aryl methyl sites for hydroxylation is 2. The molecule has 0 aliphatic heterocycles. The lowest BCUT2D eigenvalue weighted by atomic mass is 10.0. The van der Waals surface area contributed by atoms with Crippen LogP contribution in [0.15, 0.2) is 53.6 Å². The summed E-state index contributed by atoms with van der Waals surface area (Å²) in [7, 11) is 0. The highest BCUT2D eigenvalue weighted by Gasteiger charge is 2.15. The van der Waals surface area contributed by atoms with E-state index in [0.717, 1.165) is 42.5 Å². The number of carbonyl (C=O) groups is 1. The molecule has 4 heteroatoms. The summed E-state index contributed by atoms with van der Waals surface area (Å²) in [6.45, 7) is 7.99. The number of hydrogen-bond donors (Lipinski definition) is 1. The lowest BCUT2D eigenvalue weighted by molar-refractivity contribution is -0.127. The number of amides is 1. The molecule has 0 saturated carbocycles. The van der Waals surface area contributed by atoms with Crippen LogP contribution in [0.25, 0.3) is 0 Å². The monoisotopic (exact) mass is 366 g/mol. The van der Waals surface area contributed by atoms with E-state index in [1.54, 1.807) is 6.92 Å². The first kappa shape index (κ1) is 20.7. The first-order valence-corrected chi connectivity index (χ1v) is 9.67. The molecule has 144 valence electrons. The third-order valence-electron chi connectivity index (χ3n) is 4.59. The maximum absolute atomic E-state index is 12.4. The van der Waals surface area contributed by atoms with Gasteiger partial charge in [0.25, 0.3) is 5.91 Å². The van der Waals surface area contributed by atoms with E-state index in [2.05, 4.69) is 17.5 Å². The average Bonchev–Trinajstić information content (AvgIpc) is 2.68. The van der Waals surface area contributed by atoms with Gasteiger partial charge in [0.15, 0.2) is 6.10 Å². The van der Waals surface area contributed by atoms with Gasteiger partial charge in [-0.1, -0.05) is 56.2 Å². The molecule has 0 aliphatic rings. The van der Waals surface area contributed by atoms with Gasteiger partial charge in [-0.15, -0.1) is 0 Å². The summed E-state index contributed by atoms with van der Waals surface area (Å²) in [5.41, 5.74) is 6.95. The van der Waals surface area contributed by atoms with Crippen molar-refractivity contribution in [2.45, 2.75) is 59.5 Å². The molecule has 1 atom stereocenters. The van der Waals surface area contributed by atoms with Crippen molar-refractivity contribution in [3.05, 3.63) is 65.2 Å². The van der Waals surface area contributed by atoms with Crippen LogP contribution in [0.2, 0.25) is 0 Å². The second-order valence-corrected chi connectivity index (χ2v) is 6.86. The molecule has 2 rings (SSSR count). The Labute approximate surface area is 162 Å². The molecule has 1 N–H and O–H groups in total. The summed E-state index contributed by atoms with van der Waals surface area (Å²) in [5, 5.41) is 4.40. The fraction of sp³-hybridized carbons (Fsp3) is 0.391. The third kappa shape index (κ3) is 6.55. The van der Waals surface area contributed by atoms with Crippen LogP contribution in [0, 0.1) is 13.8 Å². The van der Waals surface area contributed by atoms with E-state index >= 15 is 0 Å². The van der Waals surface area contributed by atoms with Crippen LogP contribution >= 0.6 is 0 Å². The van der Waals surface area contributed by atoms with Gasteiger partial charge >= 0.3 is 0 Å². The largest absolute Gasteiger partial charge is 0.481 e. The minimum Gasteiger partial charge on any atom is -0.481 e. The van der Waals surface area contributed by atoms with Crippen molar-refractivity contribution in [1.29, 1.82) is 0 Å². The van der Waals surface area contributed by atoms with Gasteiger partial charge in [-0.25, -0.2) is 5.43 Å². The second kappa shape index (κ2) is 10.5. The molecule has 27 heavy (non-hydrogen) atoms. The molecule has 2 aromatic rings. The number of ether oxygens (including phenoxy) is 1. The first-order valence-electron chi connectivity index (χ1n) is 9.67. The molecule has 0 fully saturated rings. The van der Waals surface area contributed by atoms with Crippen LogP contribution in [-0.4, -0.2) is 17.7 Å². The van der Waals surface area contributed by atoms with Gasteiger partial charge in [0, 0.05) is 0 Å². The Hall–Kier alpha value is -2.62. The fourth-order valence-corrected chi connectivity index (χ4v) is 2.70. The summed E-state index contributed by atoms with van der Waals surface area (Å²) in [6.07, 6.45) is 3.56. The second-order valence-electron chi connectivity index (χ2n) is 6.86. The Morgan fingerprint density at radius 1 is 1.07 bits per heavy atom. The molecular formula is C23H30N2O2. The van der Waals surface area contributed by atoms with Crippen molar-refractivity contribution in [1.82, 2.24) is 5.43 Å². The average molecular weight is 367 g/mol. The number of nitrogens with zero attached hydrogens (tertiary/aromatic N) is 1. The predicted octanol–water partition coefficient (Wildman–Crippen LogP) is 5.17. The van der Waals surface area contributed by atoms with Gasteiger partial charge in [0.2, 0.25) is 0 Å². The van der Waals surface area contributed by atoms with Crippen molar-refractivity contribution >= 4 is 11.6 Å². The number of carbonyl (C=O) groups excluding carboxylic acids is 1. The van der Waals surface area contributed by atoms with Crippen molar-refractivity contribution in [3.8, 4) is 5.75 Å². The maximum Gasteiger partial charge on any atom is 0.280 e. The molecule has 0 spiro atoms. The summed E-state index contributed by atoms with van der Waals surface area (Å²) < 4.78 is 5.77. The zero-order valence-corrected chi connectivity index (χ0v) is 16.8. The molecule has 2 aromatic carbocycles. The summed E-state index contributed by atoms with van der Waals surface area (Å²) in [6, 6.07) is 15.8. The minimum atomic E-state index is -0.622. The molecule has 4 nitrogen and oxygen atoms in total. The van der Waals surface area contributed by atoms with E-state index < -0.39 is 6.10 Å². The summed E-state index contributed by atoms with van der Waals surface area (Å²) >= 11 is 0. The minimum absolute atomic E-state index is 0.253. The quantitative estimate of drug-likeness (QED) is 0.378. The van der Waals surface area contributed by atoms with E-state index in [9.17, 15) is 4.79 Å². The highest BCUT2D eigenvalue weighted by molar-refractivity contribution is 6.01.